The normalized spacial score (nSPS) is 16.1. The number of morpholine rings is 1. The van der Waals surface area contributed by atoms with Crippen LogP contribution in [0.25, 0.3) is 32.9 Å². The number of aromatic nitrogens is 3. The Morgan fingerprint density at radius 3 is 2.83 bits per heavy atom. The highest BCUT2D eigenvalue weighted by Gasteiger charge is 2.21. The molecule has 0 unspecified atom stereocenters. The van der Waals surface area contributed by atoms with Crippen LogP contribution in [0, 0.1) is 6.92 Å². The smallest absolute Gasteiger partial charge is 0.186 e. The Morgan fingerprint density at radius 1 is 1.09 bits per heavy atom. The summed E-state index contributed by atoms with van der Waals surface area (Å²) in [4.78, 5) is 15.5. The molecule has 7 heteroatoms. The van der Waals surface area contributed by atoms with E-state index in [1.165, 1.54) is 10.3 Å². The number of fused-ring (bicyclic) bond motifs is 1. The number of aromatic amines is 1. The molecular weight excluding hydrogens is 454 g/mol. The summed E-state index contributed by atoms with van der Waals surface area (Å²) < 4.78 is 6.88. The van der Waals surface area contributed by atoms with Crippen molar-refractivity contribution in [2.75, 3.05) is 29.9 Å². The van der Waals surface area contributed by atoms with E-state index in [1.54, 1.807) is 11.3 Å². The van der Waals surface area contributed by atoms with Crippen LogP contribution in [-0.2, 0) is 4.74 Å². The Labute approximate surface area is 208 Å². The number of aryl methyl sites for hydroxylation is 1. The zero-order valence-electron chi connectivity index (χ0n) is 19.8. The fourth-order valence-corrected chi connectivity index (χ4v) is 5.53. The molecule has 0 amide bonds. The maximum atomic E-state index is 5.71. The number of benzene rings is 3. The third-order valence-corrected chi connectivity index (χ3v) is 7.43. The number of hydrogen-bond donors (Lipinski definition) is 2. The van der Waals surface area contributed by atoms with Gasteiger partial charge in [-0.1, -0.05) is 53.8 Å². The molecule has 1 aliphatic heterocycles. The highest BCUT2D eigenvalue weighted by atomic mass is 32.1. The van der Waals surface area contributed by atoms with Gasteiger partial charge in [-0.2, -0.15) is 0 Å². The van der Waals surface area contributed by atoms with E-state index >= 15 is 0 Å². The van der Waals surface area contributed by atoms with Crippen LogP contribution in [0.5, 0.6) is 0 Å². The van der Waals surface area contributed by atoms with Crippen molar-refractivity contribution < 1.29 is 4.74 Å². The van der Waals surface area contributed by atoms with Gasteiger partial charge in [0.2, 0.25) is 0 Å². The Bertz CT molecular complexity index is 1480. The first kappa shape index (κ1) is 21.8. The zero-order valence-corrected chi connectivity index (χ0v) is 20.6. The Kier molecular flexibility index (Phi) is 5.72. The third-order valence-electron chi connectivity index (χ3n) is 6.35. The van der Waals surface area contributed by atoms with Gasteiger partial charge in [0, 0.05) is 24.3 Å². The molecule has 2 N–H and O–H groups in total. The predicted molar refractivity (Wildman–Crippen MR) is 145 cm³/mol. The van der Waals surface area contributed by atoms with Crippen LogP contribution >= 0.6 is 11.3 Å². The molecule has 6 rings (SSSR count). The molecule has 1 saturated heterocycles. The fourth-order valence-electron chi connectivity index (χ4n) is 4.50. The number of H-pyrrole nitrogens is 1. The van der Waals surface area contributed by atoms with Gasteiger partial charge in [-0.25, -0.2) is 9.97 Å². The van der Waals surface area contributed by atoms with Crippen molar-refractivity contribution >= 4 is 38.1 Å². The molecule has 35 heavy (non-hydrogen) atoms. The molecule has 176 valence electrons. The largest absolute Gasteiger partial charge is 0.375 e. The second kappa shape index (κ2) is 9.17. The van der Waals surface area contributed by atoms with Crippen LogP contribution < -0.4 is 10.2 Å². The van der Waals surface area contributed by atoms with Crippen molar-refractivity contribution in [3.05, 3.63) is 78.5 Å². The molecule has 3 aromatic carbocycles. The lowest BCUT2D eigenvalue weighted by Gasteiger charge is -2.30. The van der Waals surface area contributed by atoms with Crippen molar-refractivity contribution in [2.45, 2.75) is 20.0 Å². The van der Waals surface area contributed by atoms with Gasteiger partial charge >= 0.3 is 0 Å². The van der Waals surface area contributed by atoms with E-state index in [0.717, 1.165) is 64.4 Å². The van der Waals surface area contributed by atoms with Crippen molar-refractivity contribution in [3.8, 4) is 22.6 Å². The molecule has 1 aliphatic rings. The summed E-state index contributed by atoms with van der Waals surface area (Å²) in [7, 11) is 0. The summed E-state index contributed by atoms with van der Waals surface area (Å²) in [5, 5.41) is 4.66. The second-order valence-electron chi connectivity index (χ2n) is 8.94. The van der Waals surface area contributed by atoms with Crippen molar-refractivity contribution in [1.29, 1.82) is 0 Å². The van der Waals surface area contributed by atoms with E-state index in [2.05, 4.69) is 82.6 Å². The molecule has 2 aromatic heterocycles. The molecule has 0 spiro atoms. The average Bonchev–Trinajstić information content (AvgIpc) is 3.54. The minimum atomic E-state index is 0.225. The number of imidazole rings is 1. The van der Waals surface area contributed by atoms with Crippen molar-refractivity contribution in [1.82, 2.24) is 15.0 Å². The Hall–Kier alpha value is -3.68. The van der Waals surface area contributed by atoms with Gasteiger partial charge in [-0.05, 0) is 49.2 Å². The first-order valence-electron chi connectivity index (χ1n) is 11.9. The number of thiazole rings is 1. The molecule has 0 saturated carbocycles. The summed E-state index contributed by atoms with van der Waals surface area (Å²) in [5.74, 6) is 0.862. The first-order valence-corrected chi connectivity index (χ1v) is 12.7. The van der Waals surface area contributed by atoms with E-state index in [0.29, 0.717) is 0 Å². The lowest BCUT2D eigenvalue weighted by Crippen LogP contribution is -2.41. The zero-order chi connectivity index (χ0) is 23.8. The summed E-state index contributed by atoms with van der Waals surface area (Å²) in [6, 6.07) is 23.0. The van der Waals surface area contributed by atoms with Gasteiger partial charge in [0.05, 0.1) is 35.0 Å². The maximum absolute atomic E-state index is 5.71. The monoisotopic (exact) mass is 481 g/mol. The van der Waals surface area contributed by atoms with Crippen LogP contribution in [0.2, 0.25) is 0 Å². The highest BCUT2D eigenvalue weighted by Crippen LogP contribution is 2.36. The highest BCUT2D eigenvalue weighted by molar-refractivity contribution is 7.22. The third kappa shape index (κ3) is 4.40. The number of para-hydroxylation sites is 1. The number of nitrogens with zero attached hydrogens (tertiary/aromatic N) is 3. The van der Waals surface area contributed by atoms with Crippen LogP contribution in [0.3, 0.4) is 0 Å². The molecule has 3 heterocycles. The Morgan fingerprint density at radius 2 is 1.97 bits per heavy atom. The predicted octanol–water partition coefficient (Wildman–Crippen LogP) is 6.63. The quantitative estimate of drug-likeness (QED) is 0.295. The standard InChI is InChI=1S/C28H27N5OS/c1-18-11-12-21(15-22(18)27-29-16-24(31-27)20-7-4-3-5-8-20)30-23-9-6-10-25-26(23)32-28(35-25)33-13-14-34-19(2)17-33/h3-12,15-16,19,30H,13-14,17H2,1-2H3,(H,29,31)/t19-/m0/s1. The summed E-state index contributed by atoms with van der Waals surface area (Å²) in [6.07, 6.45) is 2.12. The first-order chi connectivity index (χ1) is 17.1. The van der Waals surface area contributed by atoms with Gasteiger partial charge in [-0.3, -0.25) is 0 Å². The number of anilines is 3. The number of rotatable bonds is 5. The molecular formula is C28H27N5OS. The lowest BCUT2D eigenvalue weighted by molar-refractivity contribution is 0.0532. The van der Waals surface area contributed by atoms with Gasteiger partial charge in [0.25, 0.3) is 0 Å². The van der Waals surface area contributed by atoms with Gasteiger partial charge in [-0.15, -0.1) is 0 Å². The lowest BCUT2D eigenvalue weighted by atomic mass is 10.1. The Balaban J connectivity index is 1.30. The summed E-state index contributed by atoms with van der Waals surface area (Å²) in [5.41, 5.74) is 7.38. The SMILES string of the molecule is Cc1ccc(Nc2cccc3sc(N4CCO[C@@H](C)C4)nc23)cc1-c1ncc(-c2ccccc2)[nH]1. The number of nitrogens with one attached hydrogen (secondary N) is 2. The molecule has 6 nitrogen and oxygen atoms in total. The molecule has 1 atom stereocenters. The average molecular weight is 482 g/mol. The van der Waals surface area contributed by atoms with Crippen LogP contribution in [0.15, 0.2) is 72.9 Å². The minimum Gasteiger partial charge on any atom is -0.375 e. The summed E-state index contributed by atoms with van der Waals surface area (Å²) >= 11 is 1.74. The van der Waals surface area contributed by atoms with Gasteiger partial charge < -0.3 is 19.9 Å². The van der Waals surface area contributed by atoms with E-state index in [9.17, 15) is 0 Å². The fraction of sp³-hybridized carbons (Fsp3) is 0.214. The van der Waals surface area contributed by atoms with Crippen LogP contribution in [0.4, 0.5) is 16.5 Å². The molecule has 0 radical (unpaired) electrons. The maximum Gasteiger partial charge on any atom is 0.186 e. The number of ether oxygens (including phenoxy) is 1. The van der Waals surface area contributed by atoms with Crippen LogP contribution in [0.1, 0.15) is 12.5 Å². The van der Waals surface area contributed by atoms with E-state index in [-0.39, 0.29) is 6.10 Å². The van der Waals surface area contributed by atoms with Crippen molar-refractivity contribution in [2.24, 2.45) is 0 Å². The topological polar surface area (TPSA) is 66.1 Å². The molecule has 0 bridgehead atoms. The van der Waals surface area contributed by atoms with E-state index in [4.69, 9.17) is 9.72 Å². The molecule has 1 fully saturated rings. The minimum absolute atomic E-state index is 0.225. The second-order valence-corrected chi connectivity index (χ2v) is 9.95. The molecule has 5 aromatic rings. The number of hydrogen-bond acceptors (Lipinski definition) is 6. The summed E-state index contributed by atoms with van der Waals surface area (Å²) in [6.45, 7) is 6.72. The van der Waals surface area contributed by atoms with Crippen molar-refractivity contribution in [3.63, 3.8) is 0 Å². The van der Waals surface area contributed by atoms with E-state index < -0.39 is 0 Å². The van der Waals surface area contributed by atoms with Gasteiger partial charge in [0.15, 0.2) is 5.13 Å². The van der Waals surface area contributed by atoms with E-state index in [1.807, 2.05) is 24.4 Å². The van der Waals surface area contributed by atoms with Crippen LogP contribution in [-0.4, -0.2) is 40.8 Å². The van der Waals surface area contributed by atoms with Gasteiger partial charge in [0.1, 0.15) is 11.3 Å². The molecule has 0 aliphatic carbocycles.